The number of carbonyl (C=O) groups is 2. The van der Waals surface area contributed by atoms with Gasteiger partial charge in [-0.1, -0.05) is 65.0 Å². The van der Waals surface area contributed by atoms with Gasteiger partial charge in [0.15, 0.2) is 0 Å². The van der Waals surface area contributed by atoms with E-state index < -0.39 is 28.5 Å². The average Bonchev–Trinajstić information content (AvgIpc) is 2.99. The van der Waals surface area contributed by atoms with Gasteiger partial charge in [0, 0.05) is 17.1 Å². The van der Waals surface area contributed by atoms with Crippen LogP contribution in [0.25, 0.3) is 0 Å². The monoisotopic (exact) mass is 733 g/mol. The fraction of sp³-hybridized carbons (Fsp3) is 0.375. The van der Waals surface area contributed by atoms with Crippen molar-refractivity contribution in [3.63, 3.8) is 0 Å². The second kappa shape index (κ2) is 14.7. The molecule has 4 rings (SSSR count). The van der Waals surface area contributed by atoms with Crippen molar-refractivity contribution in [3.8, 4) is 5.75 Å². The van der Waals surface area contributed by atoms with Gasteiger partial charge in [-0.2, -0.15) is 0 Å². The Morgan fingerprint density at radius 3 is 2.33 bits per heavy atom. The molecule has 1 atom stereocenters. The van der Waals surface area contributed by atoms with Crippen molar-refractivity contribution in [1.29, 1.82) is 0 Å². The van der Waals surface area contributed by atoms with Crippen molar-refractivity contribution in [1.82, 2.24) is 10.2 Å². The van der Waals surface area contributed by atoms with Crippen LogP contribution < -0.4 is 14.4 Å². The predicted molar refractivity (Wildman–Crippen MR) is 176 cm³/mol. The average molecular weight is 736 g/mol. The number of halogens is 2. The lowest BCUT2D eigenvalue weighted by atomic mass is 9.95. The summed E-state index contributed by atoms with van der Waals surface area (Å²) in [6.07, 6.45) is 5.10. The summed E-state index contributed by atoms with van der Waals surface area (Å²) in [5, 5.41) is 3.12. The SMILES string of the molecule is COc1ccc(S(=O)(=O)N(CC(=O)N(Cc2cccc(Br)c2)[C@H](C)C(=O)NC2CCCCC2)c2ccc(C)cc2)cc1Br. The Bertz CT molecular complexity index is 1540. The molecule has 0 saturated heterocycles. The smallest absolute Gasteiger partial charge is 0.264 e. The van der Waals surface area contributed by atoms with Gasteiger partial charge >= 0.3 is 0 Å². The van der Waals surface area contributed by atoms with Crippen LogP contribution in [0.2, 0.25) is 0 Å². The summed E-state index contributed by atoms with van der Waals surface area (Å²) in [4.78, 5) is 29.1. The third-order valence-electron chi connectivity index (χ3n) is 7.67. The maximum absolute atomic E-state index is 14.2. The number of sulfonamides is 1. The van der Waals surface area contributed by atoms with Crippen molar-refractivity contribution in [2.24, 2.45) is 0 Å². The number of aryl methyl sites for hydroxylation is 1. The molecule has 0 radical (unpaired) electrons. The highest BCUT2D eigenvalue weighted by Gasteiger charge is 2.33. The largest absolute Gasteiger partial charge is 0.496 e. The van der Waals surface area contributed by atoms with E-state index in [2.05, 4.69) is 37.2 Å². The molecule has 11 heteroatoms. The van der Waals surface area contributed by atoms with Gasteiger partial charge in [0.25, 0.3) is 10.0 Å². The molecule has 1 N–H and O–H groups in total. The number of anilines is 1. The lowest BCUT2D eigenvalue weighted by Gasteiger charge is -2.33. The lowest BCUT2D eigenvalue weighted by Crippen LogP contribution is -2.53. The summed E-state index contributed by atoms with van der Waals surface area (Å²) in [7, 11) is -2.70. The number of amides is 2. The van der Waals surface area contributed by atoms with Gasteiger partial charge in [-0.25, -0.2) is 8.42 Å². The van der Waals surface area contributed by atoms with Crippen molar-refractivity contribution < 1.29 is 22.7 Å². The quantitative estimate of drug-likeness (QED) is 0.240. The van der Waals surface area contributed by atoms with Crippen LogP contribution in [0, 0.1) is 6.92 Å². The van der Waals surface area contributed by atoms with Crippen molar-refractivity contribution in [2.45, 2.75) is 69.5 Å². The van der Waals surface area contributed by atoms with Crippen LogP contribution in [0.15, 0.2) is 80.6 Å². The number of nitrogens with zero attached hydrogens (tertiary/aromatic N) is 2. The summed E-state index contributed by atoms with van der Waals surface area (Å²) < 4.78 is 35.9. The van der Waals surface area contributed by atoms with E-state index in [1.54, 1.807) is 37.3 Å². The van der Waals surface area contributed by atoms with E-state index in [0.717, 1.165) is 52.0 Å². The Kier molecular flexibility index (Phi) is 11.3. The summed E-state index contributed by atoms with van der Waals surface area (Å²) in [6, 6.07) is 18.2. The van der Waals surface area contributed by atoms with Crippen LogP contribution in [-0.2, 0) is 26.2 Å². The molecule has 230 valence electrons. The van der Waals surface area contributed by atoms with Crippen LogP contribution in [0.3, 0.4) is 0 Å². The Morgan fingerprint density at radius 1 is 1.00 bits per heavy atom. The third kappa shape index (κ3) is 8.39. The van der Waals surface area contributed by atoms with E-state index in [-0.39, 0.29) is 23.4 Å². The molecule has 0 aromatic heterocycles. The summed E-state index contributed by atoms with van der Waals surface area (Å²) in [5.41, 5.74) is 2.10. The zero-order valence-corrected chi connectivity index (χ0v) is 28.5. The normalized spacial score (nSPS) is 14.5. The topological polar surface area (TPSA) is 96.0 Å². The first-order valence-electron chi connectivity index (χ1n) is 14.3. The van der Waals surface area contributed by atoms with Gasteiger partial charge in [-0.05, 0) is 90.6 Å². The first-order chi connectivity index (χ1) is 20.5. The lowest BCUT2D eigenvalue weighted by molar-refractivity contribution is -0.139. The molecule has 3 aromatic rings. The number of benzene rings is 3. The van der Waals surface area contributed by atoms with Gasteiger partial charge in [0.05, 0.1) is 22.2 Å². The van der Waals surface area contributed by atoms with E-state index in [9.17, 15) is 18.0 Å². The Morgan fingerprint density at radius 2 is 1.70 bits per heavy atom. The number of carbonyl (C=O) groups excluding carboxylic acids is 2. The molecule has 8 nitrogen and oxygen atoms in total. The minimum absolute atomic E-state index is 0.00446. The molecule has 0 bridgehead atoms. The minimum atomic E-state index is -4.20. The number of rotatable bonds is 11. The molecular weight excluding hydrogens is 698 g/mol. The standard InChI is InChI=1S/C32H37Br2N3O5S/c1-22-12-14-27(15-13-22)37(43(40,41)28-16-17-30(42-3)29(34)19-28)21-31(38)36(20-24-8-7-9-25(33)18-24)23(2)32(39)35-26-10-5-4-6-11-26/h7-9,12-19,23,26H,4-6,10-11,20-21H2,1-3H3,(H,35,39)/t23-/m1/s1. The molecule has 0 unspecified atom stereocenters. The highest BCUT2D eigenvalue weighted by molar-refractivity contribution is 9.10. The van der Waals surface area contributed by atoms with E-state index in [1.165, 1.54) is 24.1 Å². The second-order valence-electron chi connectivity index (χ2n) is 10.8. The van der Waals surface area contributed by atoms with E-state index in [4.69, 9.17) is 4.74 Å². The van der Waals surface area contributed by atoms with Crippen molar-refractivity contribution >= 4 is 59.4 Å². The molecular formula is C32H37Br2N3O5S. The van der Waals surface area contributed by atoms with Crippen molar-refractivity contribution in [3.05, 3.63) is 86.8 Å². The number of hydrogen-bond donors (Lipinski definition) is 1. The van der Waals surface area contributed by atoms with Crippen LogP contribution >= 0.6 is 31.9 Å². The van der Waals surface area contributed by atoms with Crippen LogP contribution in [0.1, 0.15) is 50.2 Å². The third-order valence-corrected chi connectivity index (χ3v) is 10.6. The molecule has 43 heavy (non-hydrogen) atoms. The second-order valence-corrected chi connectivity index (χ2v) is 14.4. The maximum Gasteiger partial charge on any atom is 0.264 e. The van der Waals surface area contributed by atoms with Gasteiger partial charge in [0.1, 0.15) is 18.3 Å². The fourth-order valence-electron chi connectivity index (χ4n) is 5.16. The Hall–Kier alpha value is -2.89. The summed E-state index contributed by atoms with van der Waals surface area (Å²) in [5.74, 6) is -0.267. The fourth-order valence-corrected chi connectivity index (χ4v) is 7.74. The van der Waals surface area contributed by atoms with E-state index in [0.29, 0.717) is 15.9 Å². The van der Waals surface area contributed by atoms with Gasteiger partial charge in [0.2, 0.25) is 11.8 Å². The summed E-state index contributed by atoms with van der Waals surface area (Å²) >= 11 is 6.86. The van der Waals surface area contributed by atoms with Crippen LogP contribution in [0.5, 0.6) is 5.75 Å². The van der Waals surface area contributed by atoms with E-state index >= 15 is 0 Å². The minimum Gasteiger partial charge on any atom is -0.496 e. The first kappa shape index (κ1) is 33.0. The van der Waals surface area contributed by atoms with Gasteiger partial charge < -0.3 is 15.0 Å². The zero-order chi connectivity index (χ0) is 31.1. The van der Waals surface area contributed by atoms with Crippen LogP contribution in [0.4, 0.5) is 5.69 Å². The van der Waals surface area contributed by atoms with Gasteiger partial charge in [-0.15, -0.1) is 0 Å². The van der Waals surface area contributed by atoms with E-state index in [1.807, 2.05) is 31.2 Å². The number of nitrogens with one attached hydrogen (secondary N) is 1. The Balaban J connectivity index is 1.69. The molecule has 0 aliphatic heterocycles. The zero-order valence-electron chi connectivity index (χ0n) is 24.6. The van der Waals surface area contributed by atoms with Gasteiger partial charge in [-0.3, -0.25) is 13.9 Å². The van der Waals surface area contributed by atoms with Crippen molar-refractivity contribution in [2.75, 3.05) is 18.0 Å². The molecule has 1 aliphatic carbocycles. The molecule has 0 spiro atoms. The maximum atomic E-state index is 14.2. The number of ether oxygens (including phenoxy) is 1. The molecule has 1 fully saturated rings. The molecule has 3 aromatic carbocycles. The first-order valence-corrected chi connectivity index (χ1v) is 17.3. The Labute approximate surface area is 271 Å². The number of hydrogen-bond acceptors (Lipinski definition) is 5. The highest BCUT2D eigenvalue weighted by atomic mass is 79.9. The predicted octanol–water partition coefficient (Wildman–Crippen LogP) is 6.59. The summed E-state index contributed by atoms with van der Waals surface area (Å²) in [6.45, 7) is 3.23. The molecule has 0 heterocycles. The molecule has 1 saturated carbocycles. The highest BCUT2D eigenvalue weighted by Crippen LogP contribution is 2.31. The molecule has 2 amide bonds. The molecule has 1 aliphatic rings. The van der Waals surface area contributed by atoms with Crippen LogP contribution in [-0.4, -0.2) is 50.9 Å². The number of methoxy groups -OCH3 is 1.